The van der Waals surface area contributed by atoms with Crippen LogP contribution < -0.4 is 0 Å². The number of nitrogens with zero attached hydrogens (tertiary/aromatic N) is 1. The molecule has 18 heavy (non-hydrogen) atoms. The van der Waals surface area contributed by atoms with Crippen molar-refractivity contribution >= 4 is 17.7 Å². The van der Waals surface area contributed by atoms with Crippen LogP contribution in [0, 0.1) is 0 Å². The molecule has 0 heterocycles. The highest BCUT2D eigenvalue weighted by Gasteiger charge is 2.08. The third kappa shape index (κ3) is 4.78. The molecule has 1 aromatic carbocycles. The zero-order valence-corrected chi connectivity index (χ0v) is 10.4. The summed E-state index contributed by atoms with van der Waals surface area (Å²) in [5.74, 6) is -1.01. The van der Waals surface area contributed by atoms with E-state index in [1.807, 2.05) is 30.3 Å². The number of carbonyl (C=O) groups is 2. The summed E-state index contributed by atoms with van der Waals surface area (Å²) in [7, 11) is 1.27. The van der Waals surface area contributed by atoms with Crippen molar-refractivity contribution < 1.29 is 19.2 Å². The third-order valence-corrected chi connectivity index (χ3v) is 2.24. The summed E-state index contributed by atoms with van der Waals surface area (Å²) < 4.78 is 4.41. The quantitative estimate of drug-likeness (QED) is 0.346. The second-order valence-electron chi connectivity index (χ2n) is 3.58. The number of carbonyl (C=O) groups excluding carboxylic acids is 2. The van der Waals surface area contributed by atoms with Gasteiger partial charge in [-0.2, -0.15) is 0 Å². The van der Waals surface area contributed by atoms with Gasteiger partial charge in [-0.05, 0) is 12.5 Å². The molecule has 1 aromatic rings. The van der Waals surface area contributed by atoms with Crippen molar-refractivity contribution in [3.8, 4) is 0 Å². The van der Waals surface area contributed by atoms with Crippen LogP contribution in [0.3, 0.4) is 0 Å². The Morgan fingerprint density at radius 1 is 1.11 bits per heavy atom. The van der Waals surface area contributed by atoms with Gasteiger partial charge in [0.25, 0.3) is 0 Å². The Bertz CT molecular complexity index is 440. The maximum absolute atomic E-state index is 11.3. The van der Waals surface area contributed by atoms with E-state index >= 15 is 0 Å². The lowest BCUT2D eigenvalue weighted by Crippen LogP contribution is -2.07. The molecule has 0 saturated heterocycles. The standard InChI is InChI=1S/C13H15NO4/c1-10(11-6-4-3-5-7-11)14-18-13(16)9-8-12(15)17-2/h3-7H,8-9H2,1-2H3/b14-10+. The molecule has 0 aromatic heterocycles. The Hall–Kier alpha value is -2.17. The predicted octanol–water partition coefficient (Wildman–Crippen LogP) is 1.91. The molecule has 1 rings (SSSR count). The molecule has 0 N–H and O–H groups in total. The summed E-state index contributed by atoms with van der Waals surface area (Å²) in [5.41, 5.74) is 1.47. The SMILES string of the molecule is COC(=O)CCC(=O)O/N=C(\C)c1ccccc1. The Kier molecular flexibility index (Phi) is 5.57. The van der Waals surface area contributed by atoms with Crippen LogP contribution in [0.5, 0.6) is 0 Å². The van der Waals surface area contributed by atoms with Crippen LogP contribution in [0.15, 0.2) is 35.5 Å². The number of hydrogen-bond donors (Lipinski definition) is 0. The van der Waals surface area contributed by atoms with Crippen LogP contribution in [0.1, 0.15) is 25.3 Å². The molecule has 0 amide bonds. The highest BCUT2D eigenvalue weighted by molar-refractivity contribution is 5.98. The normalized spacial score (nSPS) is 10.9. The van der Waals surface area contributed by atoms with E-state index in [2.05, 4.69) is 9.89 Å². The minimum Gasteiger partial charge on any atom is -0.469 e. The molecule has 0 aliphatic carbocycles. The molecule has 0 atom stereocenters. The Morgan fingerprint density at radius 3 is 2.33 bits per heavy atom. The van der Waals surface area contributed by atoms with Gasteiger partial charge in [0.05, 0.1) is 25.7 Å². The summed E-state index contributed by atoms with van der Waals surface area (Å²) in [6, 6.07) is 9.35. The molecule has 0 radical (unpaired) electrons. The Balaban J connectivity index is 2.44. The largest absolute Gasteiger partial charge is 0.469 e. The van der Waals surface area contributed by atoms with Crippen LogP contribution in [-0.4, -0.2) is 24.8 Å². The first-order chi connectivity index (χ1) is 8.63. The Morgan fingerprint density at radius 2 is 1.72 bits per heavy atom. The first-order valence-electron chi connectivity index (χ1n) is 5.50. The van der Waals surface area contributed by atoms with Gasteiger partial charge in [0.2, 0.25) is 0 Å². The van der Waals surface area contributed by atoms with Gasteiger partial charge in [0, 0.05) is 0 Å². The van der Waals surface area contributed by atoms with Crippen molar-refractivity contribution in [1.82, 2.24) is 0 Å². The van der Waals surface area contributed by atoms with E-state index < -0.39 is 11.9 Å². The lowest BCUT2D eigenvalue weighted by Gasteiger charge is -2.00. The summed E-state index contributed by atoms with van der Waals surface area (Å²) in [5, 5.41) is 3.71. The summed E-state index contributed by atoms with van der Waals surface area (Å²) in [4.78, 5) is 26.8. The lowest BCUT2D eigenvalue weighted by molar-refractivity contribution is -0.148. The van der Waals surface area contributed by atoms with Gasteiger partial charge in [0.15, 0.2) is 0 Å². The molecule has 0 aliphatic rings. The van der Waals surface area contributed by atoms with Crippen molar-refractivity contribution in [3.05, 3.63) is 35.9 Å². The number of rotatable bonds is 5. The zero-order chi connectivity index (χ0) is 13.4. The predicted molar refractivity (Wildman–Crippen MR) is 66.0 cm³/mol. The van der Waals surface area contributed by atoms with Gasteiger partial charge in [0.1, 0.15) is 0 Å². The van der Waals surface area contributed by atoms with Crippen LogP contribution >= 0.6 is 0 Å². The van der Waals surface area contributed by atoms with Crippen molar-refractivity contribution in [2.75, 3.05) is 7.11 Å². The topological polar surface area (TPSA) is 65.0 Å². The molecule has 0 spiro atoms. The zero-order valence-electron chi connectivity index (χ0n) is 10.4. The van der Waals surface area contributed by atoms with Gasteiger partial charge < -0.3 is 9.57 Å². The fourth-order valence-corrected chi connectivity index (χ4v) is 1.20. The molecule has 5 heteroatoms. The second-order valence-corrected chi connectivity index (χ2v) is 3.58. The minimum atomic E-state index is -0.560. The molecular weight excluding hydrogens is 234 g/mol. The average molecular weight is 249 g/mol. The van der Waals surface area contributed by atoms with E-state index in [0.717, 1.165) is 5.56 Å². The average Bonchev–Trinajstić information content (AvgIpc) is 2.42. The highest BCUT2D eigenvalue weighted by atomic mass is 16.7. The van der Waals surface area contributed by atoms with Gasteiger partial charge in [-0.3, -0.25) is 4.79 Å². The van der Waals surface area contributed by atoms with Crippen LogP contribution in [0.2, 0.25) is 0 Å². The lowest BCUT2D eigenvalue weighted by atomic mass is 10.1. The first-order valence-corrected chi connectivity index (χ1v) is 5.50. The maximum Gasteiger partial charge on any atom is 0.335 e. The summed E-state index contributed by atoms with van der Waals surface area (Å²) in [6.45, 7) is 1.74. The fourth-order valence-electron chi connectivity index (χ4n) is 1.20. The van der Waals surface area contributed by atoms with Crippen molar-refractivity contribution in [1.29, 1.82) is 0 Å². The summed E-state index contributed by atoms with van der Waals surface area (Å²) in [6.07, 6.45) is -0.0481. The number of hydrogen-bond acceptors (Lipinski definition) is 5. The molecule has 0 unspecified atom stereocenters. The second kappa shape index (κ2) is 7.21. The van der Waals surface area contributed by atoms with Crippen molar-refractivity contribution in [2.24, 2.45) is 5.16 Å². The van der Waals surface area contributed by atoms with Gasteiger partial charge in [-0.1, -0.05) is 35.5 Å². The number of methoxy groups -OCH3 is 1. The number of benzene rings is 1. The molecule has 0 fully saturated rings. The number of oxime groups is 1. The van der Waals surface area contributed by atoms with E-state index in [-0.39, 0.29) is 12.8 Å². The van der Waals surface area contributed by atoms with Crippen LogP contribution in [0.4, 0.5) is 0 Å². The summed E-state index contributed by atoms with van der Waals surface area (Å²) >= 11 is 0. The maximum atomic E-state index is 11.3. The van der Waals surface area contributed by atoms with E-state index in [1.165, 1.54) is 7.11 Å². The molecular formula is C13H15NO4. The van der Waals surface area contributed by atoms with E-state index in [9.17, 15) is 9.59 Å². The van der Waals surface area contributed by atoms with E-state index in [4.69, 9.17) is 4.84 Å². The van der Waals surface area contributed by atoms with Crippen LogP contribution in [0.25, 0.3) is 0 Å². The third-order valence-electron chi connectivity index (χ3n) is 2.24. The van der Waals surface area contributed by atoms with E-state index in [1.54, 1.807) is 6.92 Å². The van der Waals surface area contributed by atoms with Crippen molar-refractivity contribution in [3.63, 3.8) is 0 Å². The smallest absolute Gasteiger partial charge is 0.335 e. The van der Waals surface area contributed by atoms with Crippen LogP contribution in [-0.2, 0) is 19.2 Å². The van der Waals surface area contributed by atoms with Gasteiger partial charge in [-0.15, -0.1) is 0 Å². The van der Waals surface area contributed by atoms with Crippen molar-refractivity contribution in [2.45, 2.75) is 19.8 Å². The first kappa shape index (κ1) is 13.9. The monoisotopic (exact) mass is 249 g/mol. The molecule has 0 bridgehead atoms. The molecule has 96 valence electrons. The molecule has 0 saturated carbocycles. The minimum absolute atomic E-state index is 0.00472. The highest BCUT2D eigenvalue weighted by Crippen LogP contribution is 2.02. The molecule has 0 aliphatic heterocycles. The number of ether oxygens (including phenoxy) is 1. The molecule has 5 nitrogen and oxygen atoms in total. The van der Waals surface area contributed by atoms with Gasteiger partial charge in [-0.25, -0.2) is 4.79 Å². The van der Waals surface area contributed by atoms with E-state index in [0.29, 0.717) is 5.71 Å². The number of esters is 1. The fraction of sp³-hybridized carbons (Fsp3) is 0.308. The Labute approximate surface area is 105 Å². The van der Waals surface area contributed by atoms with Gasteiger partial charge >= 0.3 is 11.9 Å².